The van der Waals surface area contributed by atoms with E-state index in [1.54, 1.807) is 30.3 Å². The lowest BCUT2D eigenvalue weighted by atomic mass is 10.1. The molecule has 0 radical (unpaired) electrons. The van der Waals surface area contributed by atoms with E-state index in [-0.39, 0.29) is 12.2 Å². The van der Waals surface area contributed by atoms with Crippen LogP contribution >= 0.6 is 0 Å². The number of nitriles is 2. The number of methoxy groups -OCH3 is 1. The molecule has 6 nitrogen and oxygen atoms in total. The number of aryl methyl sites for hydroxylation is 1. The number of nitrogens with zero attached hydrogens (tertiary/aromatic N) is 2. The first-order valence-electron chi connectivity index (χ1n) is 7.75. The Morgan fingerprint density at radius 1 is 1.15 bits per heavy atom. The van der Waals surface area contributed by atoms with E-state index in [0.717, 1.165) is 5.56 Å². The van der Waals surface area contributed by atoms with Crippen LogP contribution in [0.5, 0.6) is 11.5 Å². The summed E-state index contributed by atoms with van der Waals surface area (Å²) in [5, 5.41) is 20.6. The number of rotatable bonds is 6. The van der Waals surface area contributed by atoms with Gasteiger partial charge in [-0.25, -0.2) is 0 Å². The maximum atomic E-state index is 12.3. The van der Waals surface area contributed by atoms with E-state index >= 15 is 0 Å². The van der Waals surface area contributed by atoms with Crippen molar-refractivity contribution in [3.63, 3.8) is 0 Å². The van der Waals surface area contributed by atoms with Crippen LogP contribution in [0.2, 0.25) is 0 Å². The number of anilines is 1. The van der Waals surface area contributed by atoms with Crippen LogP contribution in [0, 0.1) is 29.6 Å². The Morgan fingerprint density at radius 3 is 2.50 bits per heavy atom. The number of carbonyl (C=O) groups excluding carboxylic acids is 1. The fourth-order valence-corrected chi connectivity index (χ4v) is 2.15. The highest BCUT2D eigenvalue weighted by Crippen LogP contribution is 2.29. The summed E-state index contributed by atoms with van der Waals surface area (Å²) in [6.07, 6.45) is 1.46. The van der Waals surface area contributed by atoms with E-state index in [1.165, 1.54) is 13.2 Å². The molecule has 130 valence electrons. The van der Waals surface area contributed by atoms with Gasteiger partial charge in [0.25, 0.3) is 5.91 Å². The Morgan fingerprint density at radius 2 is 1.88 bits per heavy atom. The number of benzene rings is 2. The zero-order chi connectivity index (χ0) is 18.9. The number of hydrogen-bond acceptors (Lipinski definition) is 5. The molecule has 0 spiro atoms. The maximum absolute atomic E-state index is 12.3. The smallest absolute Gasteiger partial charge is 0.266 e. The molecule has 0 unspecified atom stereocenters. The van der Waals surface area contributed by atoms with Gasteiger partial charge in [-0.2, -0.15) is 10.5 Å². The zero-order valence-corrected chi connectivity index (χ0v) is 14.4. The van der Waals surface area contributed by atoms with Gasteiger partial charge in [-0.1, -0.05) is 23.8 Å². The summed E-state index contributed by atoms with van der Waals surface area (Å²) in [5.74, 6) is 0.319. The van der Waals surface area contributed by atoms with Gasteiger partial charge >= 0.3 is 0 Å². The third-order valence-electron chi connectivity index (χ3n) is 3.47. The van der Waals surface area contributed by atoms with E-state index in [2.05, 4.69) is 5.32 Å². The maximum Gasteiger partial charge on any atom is 0.266 e. The number of amides is 1. The predicted octanol–water partition coefficient (Wildman–Crippen LogP) is 3.45. The first kappa shape index (κ1) is 18.6. The van der Waals surface area contributed by atoms with Crippen LogP contribution < -0.4 is 14.8 Å². The number of ether oxygens (including phenoxy) is 2. The monoisotopic (exact) mass is 347 g/mol. The lowest BCUT2D eigenvalue weighted by Gasteiger charge is -2.09. The van der Waals surface area contributed by atoms with Crippen molar-refractivity contribution in [2.75, 3.05) is 19.0 Å². The van der Waals surface area contributed by atoms with Crippen molar-refractivity contribution in [2.24, 2.45) is 0 Å². The summed E-state index contributed by atoms with van der Waals surface area (Å²) in [6.45, 7) is 1.84. The molecule has 0 saturated carbocycles. The van der Waals surface area contributed by atoms with Crippen molar-refractivity contribution in [3.05, 3.63) is 59.2 Å². The summed E-state index contributed by atoms with van der Waals surface area (Å²) in [4.78, 5) is 12.3. The number of hydrogen-bond donors (Lipinski definition) is 1. The van der Waals surface area contributed by atoms with Crippen molar-refractivity contribution in [2.45, 2.75) is 6.92 Å². The van der Waals surface area contributed by atoms with Crippen molar-refractivity contribution in [3.8, 4) is 23.6 Å². The molecule has 2 aromatic carbocycles. The molecule has 0 aromatic heterocycles. The third-order valence-corrected chi connectivity index (χ3v) is 3.47. The standard InChI is InChI=1S/C20H17N3O3/c1-14-3-6-17(7-4-14)23-20(24)16(13-22)11-15-5-8-18(26-10-9-21)19(12-15)25-2/h3-8,11-12H,10H2,1-2H3,(H,23,24)/b16-11-. The van der Waals surface area contributed by atoms with E-state index in [9.17, 15) is 10.1 Å². The summed E-state index contributed by atoms with van der Waals surface area (Å²) in [7, 11) is 1.47. The average molecular weight is 347 g/mol. The van der Waals surface area contributed by atoms with Gasteiger partial charge in [-0.05, 0) is 42.8 Å². The second-order valence-corrected chi connectivity index (χ2v) is 5.35. The second kappa shape index (κ2) is 8.91. The zero-order valence-electron chi connectivity index (χ0n) is 14.4. The Kier molecular flexibility index (Phi) is 6.36. The minimum atomic E-state index is -0.500. The van der Waals surface area contributed by atoms with Gasteiger partial charge in [0, 0.05) is 5.69 Å². The Hall–Kier alpha value is -3.77. The van der Waals surface area contributed by atoms with Crippen LogP contribution in [-0.2, 0) is 4.79 Å². The van der Waals surface area contributed by atoms with Crippen LogP contribution in [0.25, 0.3) is 6.08 Å². The fourth-order valence-electron chi connectivity index (χ4n) is 2.15. The lowest BCUT2D eigenvalue weighted by molar-refractivity contribution is -0.112. The highest BCUT2D eigenvalue weighted by atomic mass is 16.5. The molecular weight excluding hydrogens is 330 g/mol. The van der Waals surface area contributed by atoms with Gasteiger partial charge in [0.1, 0.15) is 17.7 Å². The lowest BCUT2D eigenvalue weighted by Crippen LogP contribution is -2.13. The molecule has 0 bridgehead atoms. The van der Waals surface area contributed by atoms with Gasteiger partial charge in [0.05, 0.1) is 7.11 Å². The molecule has 0 heterocycles. The minimum Gasteiger partial charge on any atom is -0.493 e. The quantitative estimate of drug-likeness (QED) is 0.638. The molecular formula is C20H17N3O3. The molecule has 6 heteroatoms. The molecule has 26 heavy (non-hydrogen) atoms. The summed E-state index contributed by atoms with van der Waals surface area (Å²) in [5.41, 5.74) is 2.24. The van der Waals surface area contributed by atoms with Crippen molar-refractivity contribution in [1.29, 1.82) is 10.5 Å². The summed E-state index contributed by atoms with van der Waals surface area (Å²) >= 11 is 0. The number of carbonyl (C=O) groups is 1. The highest BCUT2D eigenvalue weighted by molar-refractivity contribution is 6.09. The van der Waals surface area contributed by atoms with Crippen molar-refractivity contribution >= 4 is 17.7 Å². The van der Waals surface area contributed by atoms with Crippen LogP contribution in [0.3, 0.4) is 0 Å². The molecule has 2 rings (SSSR count). The first-order chi connectivity index (χ1) is 12.6. The number of nitrogens with one attached hydrogen (secondary N) is 1. The van der Waals surface area contributed by atoms with Crippen LogP contribution in [0.15, 0.2) is 48.0 Å². The summed E-state index contributed by atoms with van der Waals surface area (Å²) < 4.78 is 10.5. The molecule has 1 N–H and O–H groups in total. The van der Waals surface area contributed by atoms with Crippen LogP contribution in [0.4, 0.5) is 5.69 Å². The fraction of sp³-hybridized carbons (Fsp3) is 0.150. The van der Waals surface area contributed by atoms with Gasteiger partial charge in [-0.3, -0.25) is 4.79 Å². The molecule has 0 aliphatic carbocycles. The van der Waals surface area contributed by atoms with E-state index < -0.39 is 5.91 Å². The van der Waals surface area contributed by atoms with Gasteiger partial charge in [-0.15, -0.1) is 0 Å². The van der Waals surface area contributed by atoms with Crippen LogP contribution in [0.1, 0.15) is 11.1 Å². The van der Waals surface area contributed by atoms with E-state index in [4.69, 9.17) is 14.7 Å². The van der Waals surface area contributed by atoms with E-state index in [0.29, 0.717) is 22.7 Å². The SMILES string of the molecule is COc1cc(/C=C(/C#N)C(=O)Nc2ccc(C)cc2)ccc1OCC#N. The van der Waals surface area contributed by atoms with Crippen molar-refractivity contribution in [1.82, 2.24) is 0 Å². The highest BCUT2D eigenvalue weighted by Gasteiger charge is 2.11. The van der Waals surface area contributed by atoms with Gasteiger partial charge < -0.3 is 14.8 Å². The average Bonchev–Trinajstić information content (AvgIpc) is 2.66. The molecule has 0 aliphatic rings. The summed E-state index contributed by atoms with van der Waals surface area (Å²) in [6, 6.07) is 16.0. The molecule has 2 aromatic rings. The largest absolute Gasteiger partial charge is 0.493 e. The second-order valence-electron chi connectivity index (χ2n) is 5.35. The molecule has 0 atom stereocenters. The normalized spacial score (nSPS) is 10.4. The Labute approximate surface area is 151 Å². The molecule has 0 saturated heterocycles. The third kappa shape index (κ3) is 4.86. The van der Waals surface area contributed by atoms with Gasteiger partial charge in [0.15, 0.2) is 18.1 Å². The minimum absolute atomic E-state index is 0.0432. The molecule has 0 fully saturated rings. The first-order valence-corrected chi connectivity index (χ1v) is 7.75. The topological polar surface area (TPSA) is 95.1 Å². The molecule has 0 aliphatic heterocycles. The Bertz CT molecular complexity index is 903. The Balaban J connectivity index is 2.22. The predicted molar refractivity (Wildman–Crippen MR) is 97.5 cm³/mol. The van der Waals surface area contributed by atoms with Gasteiger partial charge in [0.2, 0.25) is 0 Å². The van der Waals surface area contributed by atoms with E-state index in [1.807, 2.05) is 31.2 Å². The van der Waals surface area contributed by atoms with Crippen LogP contribution in [-0.4, -0.2) is 19.6 Å². The van der Waals surface area contributed by atoms with Crippen molar-refractivity contribution < 1.29 is 14.3 Å². The molecule has 1 amide bonds.